The van der Waals surface area contributed by atoms with E-state index in [1.54, 1.807) is 30.3 Å². The second-order valence-corrected chi connectivity index (χ2v) is 4.26. The molecule has 0 spiro atoms. The van der Waals surface area contributed by atoms with Crippen molar-refractivity contribution in [1.29, 1.82) is 0 Å². The minimum absolute atomic E-state index is 0.129. The van der Waals surface area contributed by atoms with Gasteiger partial charge in [0, 0.05) is 5.56 Å². The average Bonchev–Trinajstić information content (AvgIpc) is 2.47. The summed E-state index contributed by atoms with van der Waals surface area (Å²) >= 11 is 0. The van der Waals surface area contributed by atoms with Gasteiger partial charge in [-0.15, -0.1) is 0 Å². The summed E-state index contributed by atoms with van der Waals surface area (Å²) in [6.45, 7) is 1.33. The topological polar surface area (TPSA) is 55.8 Å². The number of benzene rings is 2. The molecule has 4 heteroatoms. The van der Waals surface area contributed by atoms with E-state index >= 15 is 0 Å². The molecule has 0 aromatic heterocycles. The van der Waals surface area contributed by atoms with Crippen molar-refractivity contribution in [2.45, 2.75) is 13.5 Å². The van der Waals surface area contributed by atoms with Crippen LogP contribution in [0, 0.1) is 0 Å². The van der Waals surface area contributed by atoms with Crippen molar-refractivity contribution in [3.05, 3.63) is 53.6 Å². The molecule has 0 heterocycles. The summed E-state index contributed by atoms with van der Waals surface area (Å²) in [7, 11) is 1.51. The molecule has 0 aliphatic carbocycles. The van der Waals surface area contributed by atoms with E-state index in [0.717, 1.165) is 0 Å². The van der Waals surface area contributed by atoms with E-state index in [0.29, 0.717) is 28.4 Å². The lowest BCUT2D eigenvalue weighted by atomic mass is 10.1. The van der Waals surface area contributed by atoms with Gasteiger partial charge < -0.3 is 14.6 Å². The number of carbonyl (C=O) groups is 1. The summed E-state index contributed by atoms with van der Waals surface area (Å²) in [5, 5.41) is 9.30. The lowest BCUT2D eigenvalue weighted by molar-refractivity contribution is 0.101. The summed E-state index contributed by atoms with van der Waals surface area (Å²) in [5.41, 5.74) is 1.05. The van der Waals surface area contributed by atoms with Gasteiger partial charge in [-0.1, -0.05) is 24.3 Å². The van der Waals surface area contributed by atoms with Crippen LogP contribution in [0.2, 0.25) is 0 Å². The van der Waals surface area contributed by atoms with Crippen LogP contribution < -0.4 is 9.47 Å². The van der Waals surface area contributed by atoms with Gasteiger partial charge in [-0.2, -0.15) is 0 Å². The second kappa shape index (κ2) is 6.21. The SMILES string of the molecule is COc1cccc(Oc2ccccc2CO)c1C(C)=O. The maximum Gasteiger partial charge on any atom is 0.167 e. The molecule has 0 saturated carbocycles. The third-order valence-electron chi connectivity index (χ3n) is 2.92. The Labute approximate surface area is 117 Å². The molecule has 20 heavy (non-hydrogen) atoms. The standard InChI is InChI=1S/C16H16O4/c1-11(18)16-14(19-2)8-5-9-15(16)20-13-7-4-3-6-12(13)10-17/h3-9,17H,10H2,1-2H3. The van der Waals surface area contributed by atoms with Crippen molar-refractivity contribution >= 4 is 5.78 Å². The molecule has 0 saturated heterocycles. The van der Waals surface area contributed by atoms with Crippen molar-refractivity contribution in [1.82, 2.24) is 0 Å². The van der Waals surface area contributed by atoms with Crippen LogP contribution in [-0.4, -0.2) is 18.0 Å². The number of aliphatic hydroxyl groups is 1. The zero-order valence-electron chi connectivity index (χ0n) is 11.4. The number of hydrogen-bond acceptors (Lipinski definition) is 4. The van der Waals surface area contributed by atoms with E-state index in [-0.39, 0.29) is 12.4 Å². The van der Waals surface area contributed by atoms with E-state index < -0.39 is 0 Å². The van der Waals surface area contributed by atoms with Crippen molar-refractivity contribution < 1.29 is 19.4 Å². The van der Waals surface area contributed by atoms with Crippen LogP contribution in [0.3, 0.4) is 0 Å². The maximum atomic E-state index is 11.8. The minimum atomic E-state index is -0.140. The Hall–Kier alpha value is -2.33. The highest BCUT2D eigenvalue weighted by Gasteiger charge is 2.16. The van der Waals surface area contributed by atoms with Crippen molar-refractivity contribution in [3.8, 4) is 17.2 Å². The molecule has 104 valence electrons. The molecule has 0 fully saturated rings. The maximum absolute atomic E-state index is 11.8. The molecule has 0 radical (unpaired) electrons. The number of aliphatic hydroxyl groups excluding tert-OH is 1. The van der Waals surface area contributed by atoms with E-state index in [1.807, 2.05) is 12.1 Å². The number of para-hydroxylation sites is 1. The van der Waals surface area contributed by atoms with Crippen LogP contribution in [-0.2, 0) is 6.61 Å². The Balaban J connectivity index is 2.46. The Kier molecular flexibility index (Phi) is 4.38. The van der Waals surface area contributed by atoms with Crippen molar-refractivity contribution in [3.63, 3.8) is 0 Å². The summed E-state index contributed by atoms with van der Waals surface area (Å²) < 4.78 is 11.0. The van der Waals surface area contributed by atoms with Crippen molar-refractivity contribution in [2.75, 3.05) is 7.11 Å². The average molecular weight is 272 g/mol. The largest absolute Gasteiger partial charge is 0.496 e. The molecule has 2 aromatic carbocycles. The van der Waals surface area contributed by atoms with E-state index in [4.69, 9.17) is 9.47 Å². The molecular weight excluding hydrogens is 256 g/mol. The summed E-state index contributed by atoms with van der Waals surface area (Å²) in [6.07, 6.45) is 0. The number of methoxy groups -OCH3 is 1. The predicted octanol–water partition coefficient (Wildman–Crippen LogP) is 3.18. The zero-order valence-corrected chi connectivity index (χ0v) is 11.4. The summed E-state index contributed by atoms with van der Waals surface area (Å²) in [6, 6.07) is 12.3. The Morgan fingerprint density at radius 1 is 1.05 bits per heavy atom. The molecule has 0 atom stereocenters. The van der Waals surface area contributed by atoms with E-state index in [9.17, 15) is 9.90 Å². The predicted molar refractivity (Wildman–Crippen MR) is 75.4 cm³/mol. The molecule has 2 rings (SSSR count). The van der Waals surface area contributed by atoms with Crippen LogP contribution >= 0.6 is 0 Å². The molecule has 0 aliphatic heterocycles. The van der Waals surface area contributed by atoms with Gasteiger partial charge in [-0.25, -0.2) is 0 Å². The number of carbonyl (C=O) groups excluding carboxylic acids is 1. The van der Waals surface area contributed by atoms with Crippen LogP contribution in [0.15, 0.2) is 42.5 Å². The molecule has 0 amide bonds. The normalized spacial score (nSPS) is 10.2. The third kappa shape index (κ3) is 2.81. The van der Waals surface area contributed by atoms with Gasteiger partial charge in [0.15, 0.2) is 5.78 Å². The first-order valence-corrected chi connectivity index (χ1v) is 6.22. The lowest BCUT2D eigenvalue weighted by Gasteiger charge is -2.14. The highest BCUT2D eigenvalue weighted by atomic mass is 16.5. The molecule has 0 bridgehead atoms. The number of ketones is 1. The fraction of sp³-hybridized carbons (Fsp3) is 0.188. The summed E-state index contributed by atoms with van der Waals surface area (Å²) in [5.74, 6) is 1.26. The van der Waals surface area contributed by atoms with Gasteiger partial charge in [-0.3, -0.25) is 4.79 Å². The Bertz CT molecular complexity index is 620. The first-order valence-electron chi connectivity index (χ1n) is 6.22. The fourth-order valence-corrected chi connectivity index (χ4v) is 1.97. The summed E-state index contributed by atoms with van der Waals surface area (Å²) in [4.78, 5) is 11.8. The van der Waals surface area contributed by atoms with Crippen LogP contribution in [0.1, 0.15) is 22.8 Å². The van der Waals surface area contributed by atoms with Gasteiger partial charge in [0.25, 0.3) is 0 Å². The Morgan fingerprint density at radius 3 is 2.35 bits per heavy atom. The van der Waals surface area contributed by atoms with Crippen molar-refractivity contribution in [2.24, 2.45) is 0 Å². The van der Waals surface area contributed by atoms with Gasteiger partial charge in [0.2, 0.25) is 0 Å². The highest BCUT2D eigenvalue weighted by molar-refractivity contribution is 5.99. The highest BCUT2D eigenvalue weighted by Crippen LogP contribution is 2.33. The number of Topliss-reactive ketones (excluding diaryl/α,β-unsaturated/α-hetero) is 1. The van der Waals surface area contributed by atoms with E-state index in [2.05, 4.69) is 0 Å². The molecular formula is C16H16O4. The quantitative estimate of drug-likeness (QED) is 0.849. The third-order valence-corrected chi connectivity index (χ3v) is 2.92. The van der Waals surface area contributed by atoms with Gasteiger partial charge in [0.1, 0.15) is 22.8 Å². The van der Waals surface area contributed by atoms with Crippen LogP contribution in [0.5, 0.6) is 17.2 Å². The van der Waals surface area contributed by atoms with Crippen LogP contribution in [0.4, 0.5) is 0 Å². The smallest absolute Gasteiger partial charge is 0.167 e. The zero-order chi connectivity index (χ0) is 14.5. The fourth-order valence-electron chi connectivity index (χ4n) is 1.97. The first kappa shape index (κ1) is 14.1. The minimum Gasteiger partial charge on any atom is -0.496 e. The second-order valence-electron chi connectivity index (χ2n) is 4.26. The number of rotatable bonds is 5. The molecule has 1 N–H and O–H groups in total. The van der Waals surface area contributed by atoms with Gasteiger partial charge in [-0.05, 0) is 25.1 Å². The molecule has 0 aliphatic rings. The molecule has 4 nitrogen and oxygen atoms in total. The Morgan fingerprint density at radius 2 is 1.70 bits per heavy atom. The number of ether oxygens (including phenoxy) is 2. The van der Waals surface area contributed by atoms with Gasteiger partial charge >= 0.3 is 0 Å². The monoisotopic (exact) mass is 272 g/mol. The molecule has 2 aromatic rings. The lowest BCUT2D eigenvalue weighted by Crippen LogP contribution is -2.01. The van der Waals surface area contributed by atoms with Gasteiger partial charge in [0.05, 0.1) is 13.7 Å². The van der Waals surface area contributed by atoms with Crippen LogP contribution in [0.25, 0.3) is 0 Å². The van der Waals surface area contributed by atoms with E-state index in [1.165, 1.54) is 14.0 Å². The molecule has 0 unspecified atom stereocenters. The number of hydrogen-bond donors (Lipinski definition) is 1. The first-order chi connectivity index (χ1) is 9.67.